The van der Waals surface area contributed by atoms with Crippen molar-refractivity contribution < 1.29 is 14.3 Å². The van der Waals surface area contributed by atoms with Crippen LogP contribution < -0.4 is 0 Å². The van der Waals surface area contributed by atoms with Crippen LogP contribution in [0.2, 0.25) is 0 Å². The van der Waals surface area contributed by atoms with Crippen molar-refractivity contribution >= 4 is 12.0 Å². The Morgan fingerprint density at radius 3 is 2.84 bits per heavy atom. The monoisotopic (exact) mass is 258 g/mol. The highest BCUT2D eigenvalue weighted by atomic mass is 16.5. The van der Waals surface area contributed by atoms with Crippen LogP contribution in [0.5, 0.6) is 0 Å². The van der Waals surface area contributed by atoms with Crippen molar-refractivity contribution in [2.75, 3.05) is 19.8 Å². The number of esters is 1. The van der Waals surface area contributed by atoms with Crippen molar-refractivity contribution in [1.82, 2.24) is 0 Å². The van der Waals surface area contributed by atoms with Gasteiger partial charge in [0.05, 0.1) is 25.2 Å². The number of carbonyl (C=O) groups excluding carboxylic acids is 1. The molecule has 0 N–H and O–H groups in total. The minimum absolute atomic E-state index is 0.115. The topological polar surface area (TPSA) is 35.5 Å². The third-order valence-electron chi connectivity index (χ3n) is 4.24. The average molecular weight is 258 g/mol. The largest absolute Gasteiger partial charge is 0.465 e. The Balaban J connectivity index is 1.78. The van der Waals surface area contributed by atoms with Crippen LogP contribution >= 0.6 is 0 Å². The van der Waals surface area contributed by atoms with Crippen molar-refractivity contribution in [3.63, 3.8) is 0 Å². The number of fused-ring (bicyclic) bond motifs is 1. The number of hydrogen-bond donors (Lipinski definition) is 0. The maximum atomic E-state index is 11.8. The lowest BCUT2D eigenvalue weighted by atomic mass is 9.71. The lowest BCUT2D eigenvalue weighted by molar-refractivity contribution is -0.151. The van der Waals surface area contributed by atoms with E-state index in [1.807, 2.05) is 25.1 Å². The first-order valence-electron chi connectivity index (χ1n) is 6.68. The summed E-state index contributed by atoms with van der Waals surface area (Å²) in [6.45, 7) is 3.62. The van der Waals surface area contributed by atoms with E-state index < -0.39 is 5.41 Å². The summed E-state index contributed by atoms with van der Waals surface area (Å²) < 4.78 is 10.8. The van der Waals surface area contributed by atoms with E-state index in [-0.39, 0.29) is 17.8 Å². The molecule has 2 saturated heterocycles. The quantitative estimate of drug-likeness (QED) is 0.765. The maximum Gasteiger partial charge on any atom is 0.314 e. The molecule has 100 valence electrons. The zero-order valence-electron chi connectivity index (χ0n) is 11.0. The van der Waals surface area contributed by atoms with Gasteiger partial charge in [-0.3, -0.25) is 4.79 Å². The molecule has 0 bridgehead atoms. The lowest BCUT2D eigenvalue weighted by Crippen LogP contribution is -2.44. The first kappa shape index (κ1) is 12.4. The van der Waals surface area contributed by atoms with Crippen molar-refractivity contribution in [3.8, 4) is 0 Å². The van der Waals surface area contributed by atoms with Crippen molar-refractivity contribution in [3.05, 3.63) is 42.0 Å². The van der Waals surface area contributed by atoms with E-state index in [2.05, 4.69) is 24.3 Å². The Labute approximate surface area is 113 Å². The van der Waals surface area contributed by atoms with Crippen LogP contribution in [0.3, 0.4) is 0 Å². The van der Waals surface area contributed by atoms with E-state index in [0.717, 1.165) is 0 Å². The van der Waals surface area contributed by atoms with Gasteiger partial charge in [-0.1, -0.05) is 42.5 Å². The van der Waals surface area contributed by atoms with Crippen LogP contribution in [-0.4, -0.2) is 25.8 Å². The second-order valence-corrected chi connectivity index (χ2v) is 5.57. The third kappa shape index (κ3) is 2.19. The Kier molecular flexibility index (Phi) is 3.15. The van der Waals surface area contributed by atoms with Crippen LogP contribution in [0.4, 0.5) is 0 Å². The summed E-state index contributed by atoms with van der Waals surface area (Å²) in [6.07, 6.45) is 4.25. The molecule has 3 nitrogen and oxygen atoms in total. The Morgan fingerprint density at radius 1 is 1.26 bits per heavy atom. The minimum atomic E-state index is -0.468. The number of carbonyl (C=O) groups is 1. The van der Waals surface area contributed by atoms with Gasteiger partial charge in [-0.25, -0.2) is 0 Å². The first-order chi connectivity index (χ1) is 9.20. The van der Waals surface area contributed by atoms with Crippen molar-refractivity contribution in [2.45, 2.75) is 6.92 Å². The van der Waals surface area contributed by atoms with Crippen LogP contribution in [0, 0.1) is 17.3 Å². The molecule has 0 saturated carbocycles. The summed E-state index contributed by atoms with van der Waals surface area (Å²) >= 11 is 0. The molecule has 19 heavy (non-hydrogen) atoms. The summed E-state index contributed by atoms with van der Waals surface area (Å²) in [5.74, 6) is 0.356. The van der Waals surface area contributed by atoms with Gasteiger partial charge in [0, 0.05) is 11.8 Å². The van der Waals surface area contributed by atoms with Crippen LogP contribution in [0.1, 0.15) is 12.5 Å². The van der Waals surface area contributed by atoms with Gasteiger partial charge in [-0.15, -0.1) is 0 Å². The highest BCUT2D eigenvalue weighted by Crippen LogP contribution is 2.44. The number of cyclic esters (lactones) is 1. The zero-order chi connectivity index (χ0) is 13.3. The Morgan fingerprint density at radius 2 is 2.05 bits per heavy atom. The van der Waals surface area contributed by atoms with Gasteiger partial charge in [-0.2, -0.15) is 0 Å². The number of rotatable bonds is 2. The highest BCUT2D eigenvalue weighted by molar-refractivity contribution is 5.79. The molecule has 2 aliphatic heterocycles. The van der Waals surface area contributed by atoms with E-state index in [1.54, 1.807) is 0 Å². The van der Waals surface area contributed by atoms with E-state index in [1.165, 1.54) is 5.56 Å². The van der Waals surface area contributed by atoms with Gasteiger partial charge in [0.15, 0.2) is 0 Å². The van der Waals surface area contributed by atoms with E-state index in [0.29, 0.717) is 19.8 Å². The molecular weight excluding hydrogens is 240 g/mol. The summed E-state index contributed by atoms with van der Waals surface area (Å²) in [5.41, 5.74) is 0.698. The number of ether oxygens (including phenoxy) is 2. The van der Waals surface area contributed by atoms with Crippen LogP contribution in [0.15, 0.2) is 36.4 Å². The molecule has 0 aromatic heterocycles. The molecule has 0 spiro atoms. The van der Waals surface area contributed by atoms with Gasteiger partial charge < -0.3 is 9.47 Å². The fraction of sp³-hybridized carbons (Fsp3) is 0.438. The van der Waals surface area contributed by atoms with Crippen LogP contribution in [-0.2, 0) is 14.3 Å². The van der Waals surface area contributed by atoms with Crippen LogP contribution in [0.25, 0.3) is 6.08 Å². The van der Waals surface area contributed by atoms with Gasteiger partial charge in [0.2, 0.25) is 0 Å². The number of benzene rings is 1. The fourth-order valence-electron chi connectivity index (χ4n) is 2.94. The molecule has 3 rings (SSSR count). The fourth-order valence-corrected chi connectivity index (χ4v) is 2.94. The average Bonchev–Trinajstić information content (AvgIpc) is 2.74. The van der Waals surface area contributed by atoms with Gasteiger partial charge >= 0.3 is 5.97 Å². The predicted molar refractivity (Wildman–Crippen MR) is 72.3 cm³/mol. The highest BCUT2D eigenvalue weighted by Gasteiger charge is 2.53. The molecule has 0 unspecified atom stereocenters. The lowest BCUT2D eigenvalue weighted by Gasteiger charge is -2.36. The molecule has 0 aliphatic carbocycles. The minimum Gasteiger partial charge on any atom is -0.465 e. The molecule has 3 heteroatoms. The maximum absolute atomic E-state index is 11.8. The predicted octanol–water partition coefficient (Wildman–Crippen LogP) is 2.53. The van der Waals surface area contributed by atoms with Crippen molar-refractivity contribution in [2.24, 2.45) is 17.3 Å². The van der Waals surface area contributed by atoms with Gasteiger partial charge in [0.1, 0.15) is 0 Å². The third-order valence-corrected chi connectivity index (χ3v) is 4.24. The Hall–Kier alpha value is -1.61. The normalized spacial score (nSPS) is 34.3. The standard InChI is InChI=1S/C16H18O3/c1-16-11-18-9-13(14(16)10-19-15(16)17)8-7-12-5-3-2-4-6-12/h2-8,13-14H,9-11H2,1H3/b8-7+/t13-,14+,16-/m1/s1. The molecule has 3 atom stereocenters. The van der Waals surface area contributed by atoms with E-state index >= 15 is 0 Å². The SMILES string of the molecule is C[C@@]12COC[C@@H](/C=C/c3ccccc3)[C@@H]1COC2=O. The molecule has 1 aromatic carbocycles. The van der Waals surface area contributed by atoms with E-state index in [4.69, 9.17) is 9.47 Å². The molecule has 1 aromatic rings. The molecular formula is C16H18O3. The molecule has 2 fully saturated rings. The second kappa shape index (κ2) is 4.82. The Bertz CT molecular complexity index is 494. The molecule has 0 amide bonds. The molecule has 2 aliphatic rings. The van der Waals surface area contributed by atoms with Gasteiger partial charge in [-0.05, 0) is 12.5 Å². The first-order valence-corrected chi connectivity index (χ1v) is 6.68. The van der Waals surface area contributed by atoms with Crippen molar-refractivity contribution in [1.29, 1.82) is 0 Å². The second-order valence-electron chi connectivity index (χ2n) is 5.57. The summed E-state index contributed by atoms with van der Waals surface area (Å²) in [5, 5.41) is 0. The zero-order valence-corrected chi connectivity index (χ0v) is 11.0. The summed E-state index contributed by atoms with van der Waals surface area (Å²) in [6, 6.07) is 10.2. The molecule has 0 radical (unpaired) electrons. The summed E-state index contributed by atoms with van der Waals surface area (Å²) in [7, 11) is 0. The summed E-state index contributed by atoms with van der Waals surface area (Å²) in [4.78, 5) is 11.8. The molecule has 2 heterocycles. The van der Waals surface area contributed by atoms with E-state index in [9.17, 15) is 4.79 Å². The van der Waals surface area contributed by atoms with Gasteiger partial charge in [0.25, 0.3) is 0 Å². The smallest absolute Gasteiger partial charge is 0.314 e. The number of hydrogen-bond acceptors (Lipinski definition) is 3.